The zero-order valence-corrected chi connectivity index (χ0v) is 16.1. The molecule has 1 atom stereocenters. The largest absolute Gasteiger partial charge is 0.482 e. The topological polar surface area (TPSA) is 105 Å². The number of anilines is 1. The van der Waals surface area contributed by atoms with E-state index in [1.54, 1.807) is 4.90 Å². The van der Waals surface area contributed by atoms with Crippen molar-refractivity contribution in [2.45, 2.75) is 18.9 Å². The van der Waals surface area contributed by atoms with Gasteiger partial charge in [-0.3, -0.25) is 29.5 Å². The van der Waals surface area contributed by atoms with Gasteiger partial charge in [0.25, 0.3) is 11.6 Å². The monoisotopic (exact) mass is 404 g/mol. The third-order valence-electron chi connectivity index (χ3n) is 5.60. The zero-order valence-electron chi connectivity index (χ0n) is 16.1. The molecule has 0 aliphatic carbocycles. The summed E-state index contributed by atoms with van der Waals surface area (Å²) in [5.41, 5.74) is 0.114. The van der Waals surface area contributed by atoms with Crippen molar-refractivity contribution >= 4 is 23.2 Å². The number of hydrogen-bond donors (Lipinski definition) is 0. The molecule has 3 heterocycles. The third kappa shape index (κ3) is 4.33. The highest BCUT2D eigenvalue weighted by Crippen LogP contribution is 2.35. The average Bonchev–Trinajstić information content (AvgIpc) is 3.23. The van der Waals surface area contributed by atoms with Gasteiger partial charge in [-0.25, -0.2) is 0 Å². The second-order valence-electron chi connectivity index (χ2n) is 7.49. The number of nitro groups is 1. The van der Waals surface area contributed by atoms with Crippen LogP contribution in [-0.4, -0.2) is 85.1 Å². The van der Waals surface area contributed by atoms with Crippen LogP contribution in [0.15, 0.2) is 18.2 Å². The number of ether oxygens (including phenoxy) is 2. The SMILES string of the molecule is O=C(CN1C(=O)COc2ccc([N+](=O)[O-])cc21)N1CCN(CC2CCCO2)CC1. The van der Waals surface area contributed by atoms with E-state index >= 15 is 0 Å². The fraction of sp³-hybridized carbons (Fsp3) is 0.579. The van der Waals surface area contributed by atoms with Gasteiger partial charge < -0.3 is 14.4 Å². The molecule has 1 aromatic carbocycles. The van der Waals surface area contributed by atoms with Crippen LogP contribution in [0.1, 0.15) is 12.8 Å². The maximum absolute atomic E-state index is 12.8. The van der Waals surface area contributed by atoms with Gasteiger partial charge in [0.05, 0.1) is 16.7 Å². The van der Waals surface area contributed by atoms with Crippen molar-refractivity contribution < 1.29 is 24.0 Å². The number of carbonyl (C=O) groups is 2. The fourth-order valence-corrected chi connectivity index (χ4v) is 3.97. The number of piperazine rings is 1. The third-order valence-corrected chi connectivity index (χ3v) is 5.60. The number of nitro benzene ring substituents is 1. The van der Waals surface area contributed by atoms with E-state index in [2.05, 4.69) is 4.90 Å². The van der Waals surface area contributed by atoms with Gasteiger partial charge in [-0.1, -0.05) is 0 Å². The molecule has 156 valence electrons. The van der Waals surface area contributed by atoms with Crippen LogP contribution in [0, 0.1) is 10.1 Å². The molecule has 2 saturated heterocycles. The number of fused-ring (bicyclic) bond motifs is 1. The lowest BCUT2D eigenvalue weighted by Gasteiger charge is -2.37. The number of hydrogen-bond acceptors (Lipinski definition) is 7. The second-order valence-corrected chi connectivity index (χ2v) is 7.49. The smallest absolute Gasteiger partial charge is 0.271 e. The van der Waals surface area contributed by atoms with Crippen LogP contribution in [-0.2, 0) is 14.3 Å². The molecule has 3 aliphatic rings. The van der Waals surface area contributed by atoms with Gasteiger partial charge in [0.1, 0.15) is 12.3 Å². The summed E-state index contributed by atoms with van der Waals surface area (Å²) in [4.78, 5) is 41.0. The predicted octanol–water partition coefficient (Wildman–Crippen LogP) is 0.643. The highest BCUT2D eigenvalue weighted by molar-refractivity contribution is 6.02. The number of nitrogens with zero attached hydrogens (tertiary/aromatic N) is 4. The Hall–Kier alpha value is -2.72. The lowest BCUT2D eigenvalue weighted by molar-refractivity contribution is -0.384. The Morgan fingerprint density at radius 1 is 1.24 bits per heavy atom. The highest BCUT2D eigenvalue weighted by atomic mass is 16.6. The predicted molar refractivity (Wildman–Crippen MR) is 103 cm³/mol. The molecule has 3 aliphatic heterocycles. The molecular formula is C19H24N4O6. The van der Waals surface area contributed by atoms with Crippen LogP contribution in [0.3, 0.4) is 0 Å². The Morgan fingerprint density at radius 2 is 2.03 bits per heavy atom. The summed E-state index contributed by atoms with van der Waals surface area (Å²) in [6, 6.07) is 4.06. The van der Waals surface area contributed by atoms with Crippen LogP contribution in [0.25, 0.3) is 0 Å². The van der Waals surface area contributed by atoms with Crippen LogP contribution in [0.2, 0.25) is 0 Å². The molecule has 2 amide bonds. The molecule has 1 aromatic rings. The minimum Gasteiger partial charge on any atom is -0.482 e. The van der Waals surface area contributed by atoms with Gasteiger partial charge in [-0.2, -0.15) is 0 Å². The molecule has 0 saturated carbocycles. The first-order valence-corrected chi connectivity index (χ1v) is 9.84. The van der Waals surface area contributed by atoms with Crippen LogP contribution >= 0.6 is 0 Å². The Balaban J connectivity index is 1.38. The Labute approximate surface area is 168 Å². The van der Waals surface area contributed by atoms with E-state index in [1.165, 1.54) is 23.1 Å². The molecule has 10 nitrogen and oxygen atoms in total. The fourth-order valence-electron chi connectivity index (χ4n) is 3.97. The first kappa shape index (κ1) is 19.6. The van der Waals surface area contributed by atoms with Crippen LogP contribution in [0.4, 0.5) is 11.4 Å². The number of carbonyl (C=O) groups excluding carboxylic acids is 2. The summed E-state index contributed by atoms with van der Waals surface area (Å²) in [6.45, 7) is 4.10. The zero-order chi connectivity index (χ0) is 20.4. The van der Waals surface area contributed by atoms with Crippen LogP contribution in [0.5, 0.6) is 5.75 Å². The Kier molecular flexibility index (Phi) is 5.63. The van der Waals surface area contributed by atoms with Gasteiger partial charge in [0.2, 0.25) is 5.91 Å². The first-order chi connectivity index (χ1) is 14.0. The maximum Gasteiger partial charge on any atom is 0.271 e. The molecule has 29 heavy (non-hydrogen) atoms. The molecular weight excluding hydrogens is 380 g/mol. The van der Waals surface area contributed by atoms with Gasteiger partial charge in [-0.15, -0.1) is 0 Å². The molecule has 0 bridgehead atoms. The van der Waals surface area contributed by atoms with E-state index in [9.17, 15) is 19.7 Å². The van der Waals surface area contributed by atoms with Crippen molar-refractivity contribution in [1.29, 1.82) is 0 Å². The van der Waals surface area contributed by atoms with E-state index in [4.69, 9.17) is 9.47 Å². The summed E-state index contributed by atoms with van der Waals surface area (Å²) < 4.78 is 11.0. The molecule has 0 spiro atoms. The van der Waals surface area contributed by atoms with Crippen molar-refractivity contribution in [2.24, 2.45) is 0 Å². The molecule has 0 aromatic heterocycles. The summed E-state index contributed by atoms with van der Waals surface area (Å²) in [6.07, 6.45) is 2.48. The quantitative estimate of drug-likeness (QED) is 0.524. The van der Waals surface area contributed by atoms with E-state index in [0.717, 1.165) is 39.1 Å². The van der Waals surface area contributed by atoms with Gasteiger partial charge in [-0.05, 0) is 18.9 Å². The van der Waals surface area contributed by atoms with Gasteiger partial charge in [0.15, 0.2) is 6.61 Å². The summed E-state index contributed by atoms with van der Waals surface area (Å²) in [5.74, 6) is -0.192. The summed E-state index contributed by atoms with van der Waals surface area (Å²) in [5, 5.41) is 11.1. The molecule has 0 radical (unpaired) electrons. The number of benzene rings is 1. The highest BCUT2D eigenvalue weighted by Gasteiger charge is 2.32. The number of rotatable bonds is 5. The molecule has 1 unspecified atom stereocenters. The molecule has 4 rings (SSSR count). The first-order valence-electron chi connectivity index (χ1n) is 9.84. The van der Waals surface area contributed by atoms with E-state index in [-0.39, 0.29) is 42.4 Å². The van der Waals surface area contributed by atoms with Gasteiger partial charge in [0, 0.05) is 51.5 Å². The van der Waals surface area contributed by atoms with Crippen molar-refractivity contribution in [2.75, 3.05) is 57.4 Å². The van der Waals surface area contributed by atoms with Gasteiger partial charge >= 0.3 is 0 Å². The lowest BCUT2D eigenvalue weighted by Crippen LogP contribution is -2.53. The van der Waals surface area contributed by atoms with E-state index < -0.39 is 4.92 Å². The van der Waals surface area contributed by atoms with E-state index in [1.807, 2.05) is 0 Å². The summed E-state index contributed by atoms with van der Waals surface area (Å²) in [7, 11) is 0. The minimum atomic E-state index is -0.535. The van der Waals surface area contributed by atoms with Crippen molar-refractivity contribution in [1.82, 2.24) is 9.80 Å². The average molecular weight is 404 g/mol. The minimum absolute atomic E-state index is 0.151. The summed E-state index contributed by atoms with van der Waals surface area (Å²) >= 11 is 0. The number of non-ortho nitro benzene ring substituents is 1. The van der Waals surface area contributed by atoms with Crippen molar-refractivity contribution in [3.05, 3.63) is 28.3 Å². The van der Waals surface area contributed by atoms with Crippen LogP contribution < -0.4 is 9.64 Å². The normalized spacial score (nSPS) is 22.3. The Morgan fingerprint density at radius 3 is 2.72 bits per heavy atom. The molecule has 2 fully saturated rings. The van der Waals surface area contributed by atoms with Crippen molar-refractivity contribution in [3.8, 4) is 5.75 Å². The molecule has 0 N–H and O–H groups in total. The molecule has 10 heteroatoms. The standard InChI is InChI=1S/C19H24N4O6/c24-18(21-7-5-20(6-8-21)11-15-2-1-9-28-15)12-22-16-10-14(23(26)27)3-4-17(16)29-13-19(22)25/h3-4,10,15H,1-2,5-9,11-13H2. The Bertz CT molecular complexity index is 802. The number of amides is 2. The second kappa shape index (κ2) is 8.34. The van der Waals surface area contributed by atoms with E-state index in [0.29, 0.717) is 18.8 Å². The maximum atomic E-state index is 12.8. The van der Waals surface area contributed by atoms with Crippen molar-refractivity contribution in [3.63, 3.8) is 0 Å². The lowest BCUT2D eigenvalue weighted by atomic mass is 10.2.